The molecule has 28 heavy (non-hydrogen) atoms. The third-order valence-corrected chi connectivity index (χ3v) is 6.26. The van der Waals surface area contributed by atoms with E-state index in [0.717, 1.165) is 10.9 Å². The molecule has 1 heterocycles. The van der Waals surface area contributed by atoms with Crippen molar-refractivity contribution in [2.45, 2.75) is 43.1 Å². The van der Waals surface area contributed by atoms with Gasteiger partial charge in [-0.15, -0.1) is 0 Å². The van der Waals surface area contributed by atoms with Gasteiger partial charge in [0.05, 0.1) is 6.61 Å². The predicted molar refractivity (Wildman–Crippen MR) is 110 cm³/mol. The number of amides is 1. The molecule has 0 radical (unpaired) electrons. The van der Waals surface area contributed by atoms with E-state index < -0.39 is 5.97 Å². The Hall–Kier alpha value is -1.99. The Bertz CT molecular complexity index is 797. The number of nitrogens with one attached hydrogen (secondary N) is 1. The summed E-state index contributed by atoms with van der Waals surface area (Å²) in [4.78, 5) is 24.4. The number of esters is 1. The molecule has 1 amide bonds. The third-order valence-electron chi connectivity index (χ3n) is 4.86. The van der Waals surface area contributed by atoms with Gasteiger partial charge in [0.25, 0.3) is 5.91 Å². The fourth-order valence-corrected chi connectivity index (χ4v) is 4.74. The second-order valence-electron chi connectivity index (χ2n) is 6.90. The van der Waals surface area contributed by atoms with E-state index in [2.05, 4.69) is 5.32 Å². The molecule has 152 valence electrons. The second kappa shape index (κ2) is 10.5. The minimum absolute atomic E-state index is 0.203. The Balaban J connectivity index is 1.66. The van der Waals surface area contributed by atoms with Gasteiger partial charge in [-0.1, -0.05) is 37.5 Å². The van der Waals surface area contributed by atoms with E-state index in [9.17, 15) is 9.59 Å². The van der Waals surface area contributed by atoms with E-state index in [4.69, 9.17) is 13.9 Å². The summed E-state index contributed by atoms with van der Waals surface area (Å²) in [6.45, 7) is 0.446. The summed E-state index contributed by atoms with van der Waals surface area (Å²) in [5.41, 5.74) is 1.52. The number of furan rings is 1. The number of hydrogen-bond donors (Lipinski definition) is 1. The van der Waals surface area contributed by atoms with Gasteiger partial charge >= 0.3 is 5.97 Å². The van der Waals surface area contributed by atoms with Crippen molar-refractivity contribution in [2.24, 2.45) is 0 Å². The van der Waals surface area contributed by atoms with Crippen molar-refractivity contribution in [1.29, 1.82) is 0 Å². The van der Waals surface area contributed by atoms with E-state index >= 15 is 0 Å². The van der Waals surface area contributed by atoms with E-state index in [1.807, 2.05) is 36.0 Å². The summed E-state index contributed by atoms with van der Waals surface area (Å²) in [6, 6.07) is 7.62. The molecule has 0 atom stereocenters. The van der Waals surface area contributed by atoms with Crippen LogP contribution in [0.5, 0.6) is 0 Å². The zero-order valence-electron chi connectivity index (χ0n) is 16.2. The average Bonchev–Trinajstić information content (AvgIpc) is 3.10. The third kappa shape index (κ3) is 5.52. The van der Waals surface area contributed by atoms with E-state index in [1.165, 1.54) is 32.1 Å². The maximum absolute atomic E-state index is 12.6. The van der Waals surface area contributed by atoms with Crippen LogP contribution in [-0.4, -0.2) is 44.0 Å². The van der Waals surface area contributed by atoms with Crippen LogP contribution in [0.4, 0.5) is 0 Å². The Labute approximate surface area is 169 Å². The Morgan fingerprint density at radius 3 is 2.79 bits per heavy atom. The van der Waals surface area contributed by atoms with Crippen molar-refractivity contribution < 1.29 is 23.5 Å². The van der Waals surface area contributed by atoms with E-state index in [0.29, 0.717) is 29.7 Å². The predicted octanol–water partition coefficient (Wildman–Crippen LogP) is 3.92. The first-order valence-corrected chi connectivity index (χ1v) is 10.8. The average molecular weight is 406 g/mol. The number of para-hydroxylation sites is 1. The lowest BCUT2D eigenvalue weighted by Gasteiger charge is -2.20. The quantitative estimate of drug-likeness (QED) is 0.503. The van der Waals surface area contributed by atoms with Gasteiger partial charge < -0.3 is 19.2 Å². The topological polar surface area (TPSA) is 77.8 Å². The van der Waals surface area contributed by atoms with Crippen molar-refractivity contribution in [1.82, 2.24) is 5.32 Å². The molecule has 1 saturated carbocycles. The monoisotopic (exact) mass is 405 g/mol. The van der Waals surface area contributed by atoms with Crippen molar-refractivity contribution >= 4 is 34.6 Å². The molecule has 7 heteroatoms. The first-order valence-electron chi connectivity index (χ1n) is 9.74. The van der Waals surface area contributed by atoms with Crippen LogP contribution in [0.2, 0.25) is 0 Å². The second-order valence-corrected chi connectivity index (χ2v) is 8.18. The number of carbonyl (C=O) groups excluding carboxylic acids is 2. The van der Waals surface area contributed by atoms with Crippen molar-refractivity contribution in [2.75, 3.05) is 26.9 Å². The maximum Gasteiger partial charge on any atom is 0.375 e. The molecule has 1 fully saturated rings. The van der Waals surface area contributed by atoms with Gasteiger partial charge in [0.15, 0.2) is 6.61 Å². The molecule has 3 rings (SSSR count). The molecule has 0 saturated heterocycles. The number of hydrogen-bond acceptors (Lipinski definition) is 6. The highest BCUT2D eigenvalue weighted by Gasteiger charge is 2.24. The largest absolute Gasteiger partial charge is 0.450 e. The smallest absolute Gasteiger partial charge is 0.375 e. The summed E-state index contributed by atoms with van der Waals surface area (Å²) in [7, 11) is 1.56. The highest BCUT2D eigenvalue weighted by atomic mass is 32.2. The van der Waals surface area contributed by atoms with Gasteiger partial charge in [-0.2, -0.15) is 11.8 Å². The van der Waals surface area contributed by atoms with Gasteiger partial charge in [-0.3, -0.25) is 4.79 Å². The Morgan fingerprint density at radius 2 is 2.00 bits per heavy atom. The van der Waals surface area contributed by atoms with Crippen molar-refractivity contribution in [3.63, 3.8) is 0 Å². The van der Waals surface area contributed by atoms with Gasteiger partial charge in [0, 0.05) is 35.6 Å². The first-order chi connectivity index (χ1) is 13.7. The lowest BCUT2D eigenvalue weighted by Crippen LogP contribution is -2.31. The van der Waals surface area contributed by atoms with Gasteiger partial charge in [0.2, 0.25) is 5.76 Å². The van der Waals surface area contributed by atoms with Crippen LogP contribution in [0.15, 0.2) is 28.7 Å². The van der Waals surface area contributed by atoms with Crippen LogP contribution in [-0.2, 0) is 20.0 Å². The van der Waals surface area contributed by atoms with Crippen LogP contribution < -0.4 is 5.32 Å². The lowest BCUT2D eigenvalue weighted by atomic mass is 10.0. The molecule has 2 aromatic rings. The van der Waals surface area contributed by atoms with Gasteiger partial charge in [-0.05, 0) is 18.9 Å². The zero-order chi connectivity index (χ0) is 19.8. The summed E-state index contributed by atoms with van der Waals surface area (Å²) < 4.78 is 15.9. The Morgan fingerprint density at radius 1 is 1.21 bits per heavy atom. The molecule has 6 nitrogen and oxygen atoms in total. The highest BCUT2D eigenvalue weighted by Crippen LogP contribution is 2.35. The maximum atomic E-state index is 12.6. The summed E-state index contributed by atoms with van der Waals surface area (Å²) in [5.74, 6) is -0.0576. The van der Waals surface area contributed by atoms with Crippen molar-refractivity contribution in [3.05, 3.63) is 35.6 Å². The molecule has 1 aliphatic rings. The van der Waals surface area contributed by atoms with E-state index in [-0.39, 0.29) is 18.3 Å². The Kier molecular flexibility index (Phi) is 7.80. The molecule has 1 N–H and O–H groups in total. The molecule has 0 aliphatic heterocycles. The molecule has 1 aromatic heterocycles. The van der Waals surface area contributed by atoms with Crippen LogP contribution in [0.3, 0.4) is 0 Å². The fraction of sp³-hybridized carbons (Fsp3) is 0.524. The highest BCUT2D eigenvalue weighted by molar-refractivity contribution is 7.99. The standard InChI is InChI=1S/C21H27NO5S/c1-25-12-11-22-19(23)13-26-21(24)20-17(14-28-15-7-3-2-4-8-15)16-9-5-6-10-18(16)27-20/h5-6,9-10,15H,2-4,7-8,11-14H2,1H3,(H,22,23). The normalized spacial score (nSPS) is 14.9. The van der Waals surface area contributed by atoms with Crippen LogP contribution in [0.25, 0.3) is 11.0 Å². The molecule has 0 unspecified atom stereocenters. The van der Waals surface area contributed by atoms with Crippen LogP contribution in [0, 0.1) is 0 Å². The zero-order valence-corrected chi connectivity index (χ0v) is 17.0. The number of ether oxygens (including phenoxy) is 2. The van der Waals surface area contributed by atoms with Crippen LogP contribution >= 0.6 is 11.8 Å². The first kappa shape index (κ1) is 20.7. The fourth-order valence-electron chi connectivity index (χ4n) is 3.38. The van der Waals surface area contributed by atoms with Gasteiger partial charge in [-0.25, -0.2) is 4.79 Å². The minimum Gasteiger partial charge on any atom is -0.450 e. The molecule has 0 spiro atoms. The molecular weight excluding hydrogens is 378 g/mol. The number of methoxy groups -OCH3 is 1. The number of thioether (sulfide) groups is 1. The van der Waals surface area contributed by atoms with Crippen molar-refractivity contribution in [3.8, 4) is 0 Å². The molecule has 1 aromatic carbocycles. The SMILES string of the molecule is COCCNC(=O)COC(=O)c1oc2ccccc2c1CSC1CCCCC1. The molecular formula is C21H27NO5S. The molecule has 1 aliphatic carbocycles. The number of fused-ring (bicyclic) bond motifs is 1. The summed E-state index contributed by atoms with van der Waals surface area (Å²) in [5, 5.41) is 4.18. The number of rotatable bonds is 9. The molecule has 0 bridgehead atoms. The number of benzene rings is 1. The van der Waals surface area contributed by atoms with Crippen LogP contribution in [0.1, 0.15) is 48.2 Å². The van der Waals surface area contributed by atoms with E-state index in [1.54, 1.807) is 7.11 Å². The minimum atomic E-state index is -0.600. The lowest BCUT2D eigenvalue weighted by molar-refractivity contribution is -0.124. The van der Waals surface area contributed by atoms with Gasteiger partial charge in [0.1, 0.15) is 5.58 Å². The summed E-state index contributed by atoms with van der Waals surface area (Å²) in [6.07, 6.45) is 6.31. The number of carbonyl (C=O) groups is 2. The summed E-state index contributed by atoms with van der Waals surface area (Å²) >= 11 is 1.88.